The van der Waals surface area contributed by atoms with Gasteiger partial charge in [0, 0.05) is 25.4 Å². The lowest BCUT2D eigenvalue weighted by molar-refractivity contribution is -0.138. The second-order valence-corrected chi connectivity index (χ2v) is 5.17. The Morgan fingerprint density at radius 1 is 1.33 bits per heavy atom. The third-order valence-electron chi connectivity index (χ3n) is 3.50. The minimum Gasteiger partial charge on any atom is -0.481 e. The van der Waals surface area contributed by atoms with Crippen LogP contribution in [0, 0.1) is 0 Å². The van der Waals surface area contributed by atoms with Crippen LogP contribution in [0.5, 0.6) is 0 Å². The van der Waals surface area contributed by atoms with E-state index in [9.17, 15) is 9.59 Å². The van der Waals surface area contributed by atoms with E-state index in [-0.39, 0.29) is 18.2 Å². The third-order valence-corrected chi connectivity index (χ3v) is 3.50. The maximum atomic E-state index is 12.3. The Morgan fingerprint density at radius 2 is 2.05 bits per heavy atom. The summed E-state index contributed by atoms with van der Waals surface area (Å²) in [6, 6.07) is 9.50. The van der Waals surface area contributed by atoms with Crippen LogP contribution in [0.1, 0.15) is 31.4 Å². The van der Waals surface area contributed by atoms with Crippen LogP contribution in [0.15, 0.2) is 34.7 Å². The summed E-state index contributed by atoms with van der Waals surface area (Å²) in [6.45, 7) is 2.23. The average Bonchev–Trinajstić information content (AvgIpc) is 2.89. The van der Waals surface area contributed by atoms with Gasteiger partial charge in [0.15, 0.2) is 0 Å². The highest BCUT2D eigenvalue weighted by Crippen LogP contribution is 2.26. The van der Waals surface area contributed by atoms with E-state index in [4.69, 9.17) is 9.52 Å². The summed E-state index contributed by atoms with van der Waals surface area (Å²) in [5, 5.41) is 9.59. The quantitative estimate of drug-likeness (QED) is 0.887. The van der Waals surface area contributed by atoms with Crippen LogP contribution in [-0.2, 0) is 9.59 Å². The van der Waals surface area contributed by atoms with Crippen LogP contribution < -0.4 is 0 Å². The molecule has 0 saturated heterocycles. The molecule has 2 rings (SSSR count). The zero-order chi connectivity index (χ0) is 15.4. The van der Waals surface area contributed by atoms with Gasteiger partial charge in [-0.3, -0.25) is 9.59 Å². The van der Waals surface area contributed by atoms with Gasteiger partial charge in [-0.1, -0.05) is 18.2 Å². The summed E-state index contributed by atoms with van der Waals surface area (Å²) >= 11 is 0. The first-order valence-electron chi connectivity index (χ1n) is 6.94. The van der Waals surface area contributed by atoms with Crippen molar-refractivity contribution < 1.29 is 19.1 Å². The van der Waals surface area contributed by atoms with Gasteiger partial charge in [0.1, 0.15) is 11.3 Å². The molecule has 1 N–H and O–H groups in total. The number of carboxylic acid groups (broad SMARTS) is 1. The van der Waals surface area contributed by atoms with E-state index < -0.39 is 5.97 Å². The first kappa shape index (κ1) is 15.1. The molecule has 21 heavy (non-hydrogen) atoms. The number of para-hydroxylation sites is 1. The SMILES string of the molecule is CC(C(=O)N(C)CCCC(=O)O)c1cc2ccccc2o1. The predicted molar refractivity (Wildman–Crippen MR) is 79.1 cm³/mol. The highest BCUT2D eigenvalue weighted by molar-refractivity contribution is 5.85. The van der Waals surface area contributed by atoms with Gasteiger partial charge in [-0.25, -0.2) is 0 Å². The zero-order valence-electron chi connectivity index (χ0n) is 12.2. The van der Waals surface area contributed by atoms with Crippen molar-refractivity contribution >= 4 is 22.8 Å². The van der Waals surface area contributed by atoms with Gasteiger partial charge in [-0.05, 0) is 25.5 Å². The van der Waals surface area contributed by atoms with Crippen molar-refractivity contribution in [1.82, 2.24) is 4.90 Å². The topological polar surface area (TPSA) is 70.8 Å². The van der Waals surface area contributed by atoms with Gasteiger partial charge in [-0.2, -0.15) is 0 Å². The molecular weight excluding hydrogens is 270 g/mol. The Bertz CT molecular complexity index is 614. The van der Waals surface area contributed by atoms with Crippen molar-refractivity contribution in [3.8, 4) is 0 Å². The maximum Gasteiger partial charge on any atom is 0.303 e. The molecule has 1 aromatic heterocycles. The number of benzene rings is 1. The lowest BCUT2D eigenvalue weighted by Crippen LogP contribution is -2.31. The zero-order valence-corrected chi connectivity index (χ0v) is 12.2. The van der Waals surface area contributed by atoms with Crippen LogP contribution in [0.3, 0.4) is 0 Å². The summed E-state index contributed by atoms with van der Waals surface area (Å²) in [5.74, 6) is -0.667. The molecule has 5 heteroatoms. The lowest BCUT2D eigenvalue weighted by atomic mass is 10.1. The fourth-order valence-corrected chi connectivity index (χ4v) is 2.25. The predicted octanol–water partition coefficient (Wildman–Crippen LogP) is 2.86. The summed E-state index contributed by atoms with van der Waals surface area (Å²) < 4.78 is 5.70. The number of amides is 1. The Labute approximate surface area is 123 Å². The molecule has 0 fully saturated rings. The summed E-state index contributed by atoms with van der Waals surface area (Å²) in [6.07, 6.45) is 0.515. The molecule has 0 spiro atoms. The number of nitrogens with zero attached hydrogens (tertiary/aromatic N) is 1. The molecule has 2 aromatic rings. The smallest absolute Gasteiger partial charge is 0.303 e. The van der Waals surface area contributed by atoms with Crippen LogP contribution in [0.25, 0.3) is 11.0 Å². The van der Waals surface area contributed by atoms with E-state index >= 15 is 0 Å². The number of rotatable bonds is 6. The summed E-state index contributed by atoms with van der Waals surface area (Å²) in [7, 11) is 1.68. The van der Waals surface area contributed by atoms with Gasteiger partial charge in [-0.15, -0.1) is 0 Å². The number of likely N-dealkylation sites (N-methyl/N-ethyl adjacent to an activating group) is 1. The van der Waals surface area contributed by atoms with Gasteiger partial charge < -0.3 is 14.4 Å². The highest BCUT2D eigenvalue weighted by Gasteiger charge is 2.22. The standard InChI is InChI=1S/C16H19NO4/c1-11(16(20)17(2)9-5-8-15(18)19)14-10-12-6-3-4-7-13(12)21-14/h3-4,6-7,10-11H,5,8-9H2,1-2H3,(H,18,19). The Morgan fingerprint density at radius 3 is 2.71 bits per heavy atom. The van der Waals surface area contributed by atoms with Crippen molar-refractivity contribution in [2.24, 2.45) is 0 Å². The van der Waals surface area contributed by atoms with E-state index in [1.54, 1.807) is 18.9 Å². The molecule has 0 bridgehead atoms. The molecule has 0 saturated carbocycles. The summed E-state index contributed by atoms with van der Waals surface area (Å²) in [5.41, 5.74) is 0.765. The number of carbonyl (C=O) groups excluding carboxylic acids is 1. The lowest BCUT2D eigenvalue weighted by Gasteiger charge is -2.19. The van der Waals surface area contributed by atoms with E-state index in [0.717, 1.165) is 11.0 Å². The molecule has 0 aliphatic heterocycles. The van der Waals surface area contributed by atoms with Crippen LogP contribution in [0.2, 0.25) is 0 Å². The molecule has 0 radical (unpaired) electrons. The Hall–Kier alpha value is -2.30. The second-order valence-electron chi connectivity index (χ2n) is 5.17. The maximum absolute atomic E-state index is 12.3. The molecule has 0 aliphatic rings. The first-order chi connectivity index (χ1) is 9.99. The van der Waals surface area contributed by atoms with E-state index in [0.29, 0.717) is 18.7 Å². The third kappa shape index (κ3) is 3.62. The average molecular weight is 289 g/mol. The Kier molecular flexibility index (Phi) is 4.62. The number of carbonyl (C=O) groups is 2. The normalized spacial score (nSPS) is 12.3. The van der Waals surface area contributed by atoms with Crippen LogP contribution >= 0.6 is 0 Å². The van der Waals surface area contributed by atoms with Gasteiger partial charge in [0.2, 0.25) is 5.91 Å². The Balaban J connectivity index is 2.02. The molecule has 0 aliphatic carbocycles. The largest absolute Gasteiger partial charge is 0.481 e. The number of fused-ring (bicyclic) bond motifs is 1. The fourth-order valence-electron chi connectivity index (χ4n) is 2.25. The molecule has 1 aromatic carbocycles. The highest BCUT2D eigenvalue weighted by atomic mass is 16.4. The minimum atomic E-state index is -0.846. The monoisotopic (exact) mass is 289 g/mol. The number of aliphatic carboxylic acids is 1. The molecule has 1 heterocycles. The van der Waals surface area contributed by atoms with E-state index in [1.165, 1.54) is 0 Å². The van der Waals surface area contributed by atoms with Crippen LogP contribution in [0.4, 0.5) is 0 Å². The molecule has 112 valence electrons. The molecule has 5 nitrogen and oxygen atoms in total. The van der Waals surface area contributed by atoms with Crippen molar-refractivity contribution in [3.63, 3.8) is 0 Å². The van der Waals surface area contributed by atoms with Gasteiger partial charge >= 0.3 is 5.97 Å². The molecule has 1 unspecified atom stereocenters. The molecule has 1 atom stereocenters. The van der Waals surface area contributed by atoms with Crippen molar-refractivity contribution in [1.29, 1.82) is 0 Å². The van der Waals surface area contributed by atoms with Crippen molar-refractivity contribution in [3.05, 3.63) is 36.1 Å². The number of hydrogen-bond donors (Lipinski definition) is 1. The fraction of sp³-hybridized carbons (Fsp3) is 0.375. The number of furan rings is 1. The van der Waals surface area contributed by atoms with Gasteiger partial charge in [0.05, 0.1) is 5.92 Å². The van der Waals surface area contributed by atoms with E-state index in [2.05, 4.69) is 0 Å². The first-order valence-corrected chi connectivity index (χ1v) is 6.94. The van der Waals surface area contributed by atoms with Crippen molar-refractivity contribution in [2.75, 3.05) is 13.6 Å². The van der Waals surface area contributed by atoms with Crippen LogP contribution in [-0.4, -0.2) is 35.5 Å². The molecule has 1 amide bonds. The minimum absolute atomic E-state index is 0.0661. The van der Waals surface area contributed by atoms with Crippen molar-refractivity contribution in [2.45, 2.75) is 25.7 Å². The summed E-state index contributed by atoms with van der Waals surface area (Å²) in [4.78, 5) is 24.4. The number of carboxylic acids is 1. The van der Waals surface area contributed by atoms with Gasteiger partial charge in [0.25, 0.3) is 0 Å². The molecular formula is C16H19NO4. The second kappa shape index (κ2) is 6.43. The van der Waals surface area contributed by atoms with E-state index in [1.807, 2.05) is 30.3 Å². The number of hydrogen-bond acceptors (Lipinski definition) is 3.